The Hall–Kier alpha value is -3.12. The molecule has 0 spiro atoms. The molecule has 0 radical (unpaired) electrons. The second kappa shape index (κ2) is 8.79. The van der Waals surface area contributed by atoms with Crippen LogP contribution < -0.4 is 10.6 Å². The van der Waals surface area contributed by atoms with E-state index in [9.17, 15) is 4.39 Å². The quantitative estimate of drug-likeness (QED) is 0.628. The fourth-order valence-electron chi connectivity index (χ4n) is 4.51. The van der Waals surface area contributed by atoms with Crippen molar-refractivity contribution in [3.05, 3.63) is 70.1 Å². The van der Waals surface area contributed by atoms with Crippen molar-refractivity contribution in [2.45, 2.75) is 27.7 Å². The summed E-state index contributed by atoms with van der Waals surface area (Å²) in [4.78, 5) is 12.3. The number of aryl methyl sites for hydroxylation is 4. The maximum Gasteiger partial charge on any atom is 0.145 e. The highest BCUT2D eigenvalue weighted by molar-refractivity contribution is 5.87. The van der Waals surface area contributed by atoms with Crippen molar-refractivity contribution in [1.82, 2.24) is 14.9 Å². The number of likely N-dealkylation sites (N-methyl/N-ethyl adjacent to an activating group) is 1. The molecule has 32 heavy (non-hydrogen) atoms. The molecule has 6 heteroatoms. The van der Waals surface area contributed by atoms with E-state index in [0.717, 1.165) is 54.1 Å². The van der Waals surface area contributed by atoms with Gasteiger partial charge in [-0.05, 0) is 75.7 Å². The van der Waals surface area contributed by atoms with Gasteiger partial charge in [0.15, 0.2) is 0 Å². The highest BCUT2D eigenvalue weighted by Crippen LogP contribution is 2.32. The molecule has 1 aliphatic heterocycles. The van der Waals surface area contributed by atoms with Crippen molar-refractivity contribution in [1.29, 1.82) is 0 Å². The normalized spacial score (nSPS) is 15.4. The summed E-state index contributed by atoms with van der Waals surface area (Å²) in [5.74, 6) is -0.310. The lowest BCUT2D eigenvalue weighted by atomic mass is 9.98. The number of hydrogen-bond donors (Lipinski definition) is 2. The van der Waals surface area contributed by atoms with Crippen LogP contribution in [0.2, 0.25) is 0 Å². The predicted molar refractivity (Wildman–Crippen MR) is 131 cm³/mol. The van der Waals surface area contributed by atoms with Crippen LogP contribution in [0.4, 0.5) is 10.1 Å². The number of rotatable bonds is 4. The first-order chi connectivity index (χ1) is 15.2. The molecule has 2 aromatic heterocycles. The van der Waals surface area contributed by atoms with Gasteiger partial charge in [-0.3, -0.25) is 4.98 Å². The van der Waals surface area contributed by atoms with Gasteiger partial charge >= 0.3 is 0 Å². The van der Waals surface area contributed by atoms with Crippen LogP contribution in [-0.2, 0) is 0 Å². The molecule has 5 nitrogen and oxygen atoms in total. The number of nitrogens with one attached hydrogen (secondary N) is 1. The van der Waals surface area contributed by atoms with Crippen molar-refractivity contribution < 1.29 is 4.39 Å². The summed E-state index contributed by atoms with van der Waals surface area (Å²) < 4.78 is 14.1. The topological polar surface area (TPSA) is 61.2 Å². The number of benzene rings is 1. The van der Waals surface area contributed by atoms with Gasteiger partial charge in [0.2, 0.25) is 0 Å². The minimum absolute atomic E-state index is 0.310. The van der Waals surface area contributed by atoms with Crippen LogP contribution in [-0.4, -0.2) is 48.1 Å². The van der Waals surface area contributed by atoms with Gasteiger partial charge in [-0.15, -0.1) is 0 Å². The number of aromatic nitrogens is 2. The van der Waals surface area contributed by atoms with E-state index < -0.39 is 0 Å². The number of pyridine rings is 1. The first-order valence-corrected chi connectivity index (χ1v) is 11.1. The van der Waals surface area contributed by atoms with Crippen molar-refractivity contribution in [2.24, 2.45) is 5.73 Å². The monoisotopic (exact) mass is 433 g/mol. The van der Waals surface area contributed by atoms with Gasteiger partial charge in [-0.25, -0.2) is 4.39 Å². The second-order valence-electron chi connectivity index (χ2n) is 8.88. The zero-order chi connectivity index (χ0) is 23.0. The number of hydrogen-bond acceptors (Lipinski definition) is 4. The smallest absolute Gasteiger partial charge is 0.145 e. The summed E-state index contributed by atoms with van der Waals surface area (Å²) >= 11 is 0. The van der Waals surface area contributed by atoms with Gasteiger partial charge in [0.25, 0.3) is 0 Å². The molecule has 4 rings (SSSR count). The third kappa shape index (κ3) is 4.28. The first kappa shape index (κ1) is 22.1. The van der Waals surface area contributed by atoms with E-state index in [1.54, 1.807) is 13.1 Å². The number of nitrogens with two attached hydrogens (primary N) is 1. The summed E-state index contributed by atoms with van der Waals surface area (Å²) in [6.07, 6.45) is 5.56. The van der Waals surface area contributed by atoms with Crippen LogP contribution in [0.15, 0.2) is 30.6 Å². The minimum atomic E-state index is -0.310. The zero-order valence-corrected chi connectivity index (χ0v) is 19.6. The summed E-state index contributed by atoms with van der Waals surface area (Å²) in [7, 11) is 2.17. The van der Waals surface area contributed by atoms with Gasteiger partial charge in [-0.1, -0.05) is 0 Å². The van der Waals surface area contributed by atoms with Crippen LogP contribution in [0, 0.1) is 33.5 Å². The average molecular weight is 434 g/mol. The molecule has 1 aliphatic rings. The molecule has 3 aromatic rings. The molecule has 0 aliphatic carbocycles. The fraction of sp³-hybridized carbons (Fsp3) is 0.346. The van der Waals surface area contributed by atoms with Crippen LogP contribution >= 0.6 is 0 Å². The van der Waals surface area contributed by atoms with Gasteiger partial charge in [0, 0.05) is 72.3 Å². The summed E-state index contributed by atoms with van der Waals surface area (Å²) in [5, 5.41) is 0. The zero-order valence-electron chi connectivity index (χ0n) is 19.6. The Kier molecular flexibility index (Phi) is 6.07. The number of halogens is 1. The molecule has 3 heterocycles. The minimum Gasteiger partial charge on any atom is -0.398 e. The molecular weight excluding hydrogens is 401 g/mol. The van der Waals surface area contributed by atoms with E-state index in [4.69, 9.17) is 5.73 Å². The molecule has 0 amide bonds. The Morgan fingerprint density at radius 2 is 1.72 bits per heavy atom. The largest absolute Gasteiger partial charge is 0.398 e. The summed E-state index contributed by atoms with van der Waals surface area (Å²) in [6, 6.07) is 5.86. The maximum absolute atomic E-state index is 14.1. The number of H-pyrrole nitrogens is 1. The van der Waals surface area contributed by atoms with Crippen molar-refractivity contribution >= 4 is 17.5 Å². The lowest BCUT2D eigenvalue weighted by Crippen LogP contribution is -2.45. The standard InChI is InChI=1S/C26H32FN5/c1-16-10-20(11-17(2)26(16)32-8-6-31(5)7-9-32)25(28)13-22-18(3)30-15-23(22)21-12-24(27)19(4)29-14-21/h10-15,30H,6-9,28H2,1-5H3/b25-13-. The molecular formula is C26H32FN5. The summed E-state index contributed by atoms with van der Waals surface area (Å²) in [6.45, 7) is 12.2. The van der Waals surface area contributed by atoms with E-state index in [1.807, 2.05) is 19.2 Å². The van der Waals surface area contributed by atoms with E-state index >= 15 is 0 Å². The van der Waals surface area contributed by atoms with Crippen molar-refractivity contribution in [2.75, 3.05) is 38.1 Å². The number of piperazine rings is 1. The maximum atomic E-state index is 14.1. The van der Waals surface area contributed by atoms with Crippen molar-refractivity contribution in [3.63, 3.8) is 0 Å². The SMILES string of the molecule is Cc1cc(/C(N)=C/c2c(-c3cnc(C)c(F)c3)c[nH]c2C)cc(C)c1N1CCN(C)CC1. The third-order valence-electron chi connectivity index (χ3n) is 6.41. The molecule has 1 aromatic carbocycles. The molecule has 3 N–H and O–H groups in total. The second-order valence-corrected chi connectivity index (χ2v) is 8.88. The number of nitrogens with zero attached hydrogens (tertiary/aromatic N) is 3. The highest BCUT2D eigenvalue weighted by atomic mass is 19.1. The van der Waals surface area contributed by atoms with Gasteiger partial charge in [0.1, 0.15) is 5.82 Å². The first-order valence-electron chi connectivity index (χ1n) is 11.1. The fourth-order valence-corrected chi connectivity index (χ4v) is 4.51. The van der Waals surface area contributed by atoms with E-state index in [0.29, 0.717) is 11.4 Å². The van der Waals surface area contributed by atoms with Crippen LogP contribution in [0.3, 0.4) is 0 Å². The van der Waals surface area contributed by atoms with E-state index in [2.05, 4.69) is 52.8 Å². The molecule has 1 saturated heterocycles. The molecule has 0 unspecified atom stereocenters. The third-order valence-corrected chi connectivity index (χ3v) is 6.41. The van der Waals surface area contributed by atoms with Crippen molar-refractivity contribution in [3.8, 4) is 11.1 Å². The Morgan fingerprint density at radius 3 is 2.34 bits per heavy atom. The van der Waals surface area contributed by atoms with Crippen LogP contribution in [0.5, 0.6) is 0 Å². The van der Waals surface area contributed by atoms with Gasteiger partial charge in [-0.2, -0.15) is 0 Å². The average Bonchev–Trinajstić information content (AvgIpc) is 3.11. The molecule has 0 bridgehead atoms. The Morgan fingerprint density at radius 1 is 1.06 bits per heavy atom. The lowest BCUT2D eigenvalue weighted by Gasteiger charge is -2.36. The number of anilines is 1. The highest BCUT2D eigenvalue weighted by Gasteiger charge is 2.19. The molecule has 0 atom stereocenters. The summed E-state index contributed by atoms with van der Waals surface area (Å²) in [5.41, 5.74) is 16.0. The Bertz CT molecular complexity index is 1150. The van der Waals surface area contributed by atoms with Gasteiger partial charge in [0.05, 0.1) is 5.69 Å². The Balaban J connectivity index is 1.68. The number of aromatic amines is 1. The molecule has 168 valence electrons. The van der Waals surface area contributed by atoms with E-state index in [-0.39, 0.29) is 5.82 Å². The van der Waals surface area contributed by atoms with E-state index in [1.165, 1.54) is 22.9 Å². The lowest BCUT2D eigenvalue weighted by molar-refractivity contribution is 0.312. The van der Waals surface area contributed by atoms with Crippen LogP contribution in [0.1, 0.15) is 33.6 Å². The predicted octanol–water partition coefficient (Wildman–Crippen LogP) is 4.66. The van der Waals surface area contributed by atoms with Crippen LogP contribution in [0.25, 0.3) is 22.9 Å². The van der Waals surface area contributed by atoms with Gasteiger partial charge < -0.3 is 20.5 Å². The molecule has 0 saturated carbocycles. The molecule has 1 fully saturated rings. The Labute approximate surface area is 189 Å².